The Morgan fingerprint density at radius 2 is 1.56 bits per heavy atom. The summed E-state index contributed by atoms with van der Waals surface area (Å²) in [5.74, 6) is 2.29. The van der Waals surface area contributed by atoms with Crippen molar-refractivity contribution in [1.82, 2.24) is 0 Å². The number of fused-ring (bicyclic) bond motifs is 5. The lowest BCUT2D eigenvalue weighted by Gasteiger charge is -2.43. The second kappa shape index (κ2) is 6.06. The zero-order valence-electron chi connectivity index (χ0n) is 14.8. The molecule has 0 saturated heterocycles. The van der Waals surface area contributed by atoms with Gasteiger partial charge in [-0.1, -0.05) is 0 Å². The lowest BCUT2D eigenvalue weighted by molar-refractivity contribution is 0.353. The highest BCUT2D eigenvalue weighted by Gasteiger charge is 2.33. The largest absolute Gasteiger partial charge is 0.504 e. The minimum absolute atomic E-state index is 0.209. The zero-order chi connectivity index (χ0) is 17.6. The third kappa shape index (κ3) is 2.46. The summed E-state index contributed by atoms with van der Waals surface area (Å²) in [4.78, 5) is 2.43. The first kappa shape index (κ1) is 15.9. The van der Waals surface area contributed by atoms with Crippen molar-refractivity contribution in [2.75, 3.05) is 32.8 Å². The summed E-state index contributed by atoms with van der Waals surface area (Å²) in [6, 6.07) is 8.29. The number of phenols is 1. The summed E-state index contributed by atoms with van der Waals surface area (Å²) in [6.07, 6.45) is 2.92. The number of rotatable bonds is 3. The van der Waals surface area contributed by atoms with E-state index >= 15 is 0 Å². The Bertz CT molecular complexity index is 818. The van der Waals surface area contributed by atoms with Gasteiger partial charge in [-0.05, 0) is 54.2 Å². The van der Waals surface area contributed by atoms with Crippen LogP contribution in [0.25, 0.3) is 0 Å². The smallest absolute Gasteiger partial charge is 0.162 e. The molecule has 0 unspecified atom stereocenters. The standard InChI is InChI=1S/C20H23NO4/c1-23-18-8-12-6-7-21-15(14(12)10-17(18)22)5-4-13-9-19(24-2)20(25-3)11-16(13)21/h8-11,15,22H,4-7H2,1-3H3/t15-/m0/s1. The van der Waals surface area contributed by atoms with E-state index in [1.165, 1.54) is 22.4 Å². The highest BCUT2D eigenvalue weighted by Crippen LogP contribution is 2.47. The number of hydrogen-bond donors (Lipinski definition) is 1. The molecule has 0 aliphatic carbocycles. The summed E-state index contributed by atoms with van der Waals surface area (Å²) in [5, 5.41) is 10.2. The van der Waals surface area contributed by atoms with Crippen LogP contribution in [0, 0.1) is 0 Å². The first-order valence-electron chi connectivity index (χ1n) is 8.57. The Kier molecular flexibility index (Phi) is 3.86. The molecular weight excluding hydrogens is 318 g/mol. The lowest BCUT2D eigenvalue weighted by Crippen LogP contribution is -2.38. The molecule has 1 atom stereocenters. The number of methoxy groups -OCH3 is 3. The average molecular weight is 341 g/mol. The number of phenolic OH excluding ortho intramolecular Hbond substituents is 1. The van der Waals surface area contributed by atoms with Gasteiger partial charge in [0.2, 0.25) is 0 Å². The van der Waals surface area contributed by atoms with Crippen molar-refractivity contribution in [3.63, 3.8) is 0 Å². The van der Waals surface area contributed by atoms with Crippen molar-refractivity contribution < 1.29 is 19.3 Å². The van der Waals surface area contributed by atoms with Crippen LogP contribution in [0.2, 0.25) is 0 Å². The highest BCUT2D eigenvalue weighted by molar-refractivity contribution is 5.66. The quantitative estimate of drug-likeness (QED) is 0.926. The molecule has 0 amide bonds. The molecule has 5 nitrogen and oxygen atoms in total. The van der Waals surface area contributed by atoms with Gasteiger partial charge in [0.05, 0.1) is 27.4 Å². The minimum Gasteiger partial charge on any atom is -0.504 e. The molecule has 2 aromatic carbocycles. The molecule has 0 bridgehead atoms. The van der Waals surface area contributed by atoms with E-state index in [1.807, 2.05) is 12.1 Å². The van der Waals surface area contributed by atoms with Gasteiger partial charge in [-0.2, -0.15) is 0 Å². The van der Waals surface area contributed by atoms with Gasteiger partial charge in [-0.25, -0.2) is 0 Å². The fourth-order valence-corrected chi connectivity index (χ4v) is 4.15. The van der Waals surface area contributed by atoms with Crippen molar-refractivity contribution in [3.8, 4) is 23.0 Å². The van der Waals surface area contributed by atoms with Crippen molar-refractivity contribution in [1.29, 1.82) is 0 Å². The number of benzene rings is 2. The van der Waals surface area contributed by atoms with E-state index in [9.17, 15) is 5.11 Å². The van der Waals surface area contributed by atoms with Gasteiger partial charge < -0.3 is 24.2 Å². The molecule has 5 heteroatoms. The van der Waals surface area contributed by atoms with Gasteiger partial charge in [0.1, 0.15) is 0 Å². The van der Waals surface area contributed by atoms with Crippen LogP contribution in [-0.4, -0.2) is 33.0 Å². The number of nitrogens with zero attached hydrogens (tertiary/aromatic N) is 1. The molecule has 0 saturated carbocycles. The maximum absolute atomic E-state index is 10.2. The predicted octanol–water partition coefficient (Wildman–Crippen LogP) is 3.47. The fraction of sp³-hybridized carbons (Fsp3) is 0.400. The SMILES string of the molecule is COc1cc2c(cc1O)[C@@H]1CCc3cc(OC)c(OC)cc3N1CC2. The number of aryl methyl sites for hydroxylation is 1. The van der Waals surface area contributed by atoms with E-state index in [0.29, 0.717) is 5.75 Å². The summed E-state index contributed by atoms with van der Waals surface area (Å²) in [7, 11) is 4.93. The first-order valence-corrected chi connectivity index (χ1v) is 8.57. The van der Waals surface area contributed by atoms with Crippen molar-refractivity contribution in [2.45, 2.75) is 25.3 Å². The van der Waals surface area contributed by atoms with Crippen LogP contribution in [0.1, 0.15) is 29.2 Å². The van der Waals surface area contributed by atoms with Gasteiger partial charge in [-0.15, -0.1) is 0 Å². The highest BCUT2D eigenvalue weighted by atomic mass is 16.5. The van der Waals surface area contributed by atoms with Crippen LogP contribution in [0.4, 0.5) is 5.69 Å². The van der Waals surface area contributed by atoms with Crippen LogP contribution in [0.3, 0.4) is 0 Å². The number of anilines is 1. The summed E-state index contributed by atoms with van der Waals surface area (Å²) in [5.41, 5.74) is 4.95. The number of ether oxygens (including phenoxy) is 3. The van der Waals surface area contributed by atoms with Crippen molar-refractivity contribution in [2.24, 2.45) is 0 Å². The second-order valence-corrected chi connectivity index (χ2v) is 6.56. The van der Waals surface area contributed by atoms with Crippen molar-refractivity contribution >= 4 is 5.69 Å². The summed E-state index contributed by atoms with van der Waals surface area (Å²) < 4.78 is 16.2. The topological polar surface area (TPSA) is 51.2 Å². The molecular formula is C20H23NO4. The second-order valence-electron chi connectivity index (χ2n) is 6.56. The van der Waals surface area contributed by atoms with E-state index in [-0.39, 0.29) is 11.8 Å². The van der Waals surface area contributed by atoms with E-state index in [0.717, 1.165) is 37.3 Å². The van der Waals surface area contributed by atoms with Crippen molar-refractivity contribution in [3.05, 3.63) is 41.0 Å². The lowest BCUT2D eigenvalue weighted by atomic mass is 9.84. The molecule has 2 aliphatic rings. The Morgan fingerprint density at radius 3 is 2.28 bits per heavy atom. The Labute approximate surface area is 147 Å². The predicted molar refractivity (Wildman–Crippen MR) is 96.3 cm³/mol. The molecule has 0 spiro atoms. The third-order valence-corrected chi connectivity index (χ3v) is 5.38. The van der Waals surface area contributed by atoms with Gasteiger partial charge in [-0.3, -0.25) is 0 Å². The van der Waals surface area contributed by atoms with Gasteiger partial charge >= 0.3 is 0 Å². The van der Waals surface area contributed by atoms with E-state index in [1.54, 1.807) is 21.3 Å². The van der Waals surface area contributed by atoms with E-state index in [4.69, 9.17) is 14.2 Å². The van der Waals surface area contributed by atoms with Crippen LogP contribution < -0.4 is 19.1 Å². The Balaban J connectivity index is 1.78. The van der Waals surface area contributed by atoms with Crippen LogP contribution in [0.5, 0.6) is 23.0 Å². The Morgan fingerprint density at radius 1 is 0.880 bits per heavy atom. The van der Waals surface area contributed by atoms with Gasteiger partial charge in [0, 0.05) is 18.3 Å². The molecule has 2 aromatic rings. The maximum atomic E-state index is 10.2. The summed E-state index contributed by atoms with van der Waals surface area (Å²) >= 11 is 0. The van der Waals surface area contributed by atoms with Crippen LogP contribution >= 0.6 is 0 Å². The monoisotopic (exact) mass is 341 g/mol. The van der Waals surface area contributed by atoms with Gasteiger partial charge in [0.15, 0.2) is 23.0 Å². The Hall–Kier alpha value is -2.56. The third-order valence-electron chi connectivity index (χ3n) is 5.38. The molecule has 2 aliphatic heterocycles. The van der Waals surface area contributed by atoms with Crippen LogP contribution in [-0.2, 0) is 12.8 Å². The molecule has 1 N–H and O–H groups in total. The van der Waals surface area contributed by atoms with E-state index < -0.39 is 0 Å². The maximum Gasteiger partial charge on any atom is 0.162 e. The molecule has 4 rings (SSSR count). The van der Waals surface area contributed by atoms with Gasteiger partial charge in [0.25, 0.3) is 0 Å². The molecule has 0 fully saturated rings. The minimum atomic E-state index is 0.209. The molecule has 25 heavy (non-hydrogen) atoms. The number of aromatic hydroxyl groups is 1. The first-order chi connectivity index (χ1) is 12.2. The summed E-state index contributed by atoms with van der Waals surface area (Å²) in [6.45, 7) is 0.939. The average Bonchev–Trinajstić information content (AvgIpc) is 2.65. The molecule has 0 radical (unpaired) electrons. The molecule has 132 valence electrons. The normalized spacial score (nSPS) is 18.0. The molecule has 2 heterocycles. The fourth-order valence-electron chi connectivity index (χ4n) is 4.15. The van der Waals surface area contributed by atoms with E-state index in [2.05, 4.69) is 17.0 Å². The zero-order valence-corrected chi connectivity index (χ0v) is 14.8. The number of hydrogen-bond acceptors (Lipinski definition) is 5. The molecule has 0 aromatic heterocycles. The van der Waals surface area contributed by atoms with Crippen LogP contribution in [0.15, 0.2) is 24.3 Å².